The summed E-state index contributed by atoms with van der Waals surface area (Å²) in [5.41, 5.74) is 2.09. The number of nitrogens with one attached hydrogen (secondary N) is 1. The van der Waals surface area contributed by atoms with Crippen molar-refractivity contribution in [3.63, 3.8) is 0 Å². The third-order valence-corrected chi connectivity index (χ3v) is 5.60. The van der Waals surface area contributed by atoms with E-state index in [1.807, 2.05) is 24.4 Å². The van der Waals surface area contributed by atoms with Gasteiger partial charge in [-0.25, -0.2) is 14.6 Å². The minimum atomic E-state index is -1.82. The molecule has 0 saturated carbocycles. The van der Waals surface area contributed by atoms with Crippen LogP contribution in [-0.2, 0) is 20.8 Å². The quantitative estimate of drug-likeness (QED) is 0.429. The molecular formula is C24H30N4O6. The summed E-state index contributed by atoms with van der Waals surface area (Å²) in [5.74, 6) is -1.58. The number of amides is 1. The van der Waals surface area contributed by atoms with Gasteiger partial charge in [0.25, 0.3) is 0 Å². The number of carboxylic acid groups (broad SMARTS) is 2. The fourth-order valence-electron chi connectivity index (χ4n) is 3.89. The van der Waals surface area contributed by atoms with Crippen LogP contribution in [0.15, 0.2) is 42.6 Å². The Morgan fingerprint density at radius 1 is 1.03 bits per heavy atom. The Labute approximate surface area is 198 Å². The van der Waals surface area contributed by atoms with Gasteiger partial charge in [0.15, 0.2) is 0 Å². The van der Waals surface area contributed by atoms with E-state index in [9.17, 15) is 4.79 Å². The van der Waals surface area contributed by atoms with Crippen molar-refractivity contribution in [3.8, 4) is 5.75 Å². The minimum absolute atomic E-state index is 0.0974. The molecule has 1 fully saturated rings. The third kappa shape index (κ3) is 7.73. The molecule has 4 rings (SSSR count). The van der Waals surface area contributed by atoms with Crippen LogP contribution < -0.4 is 15.0 Å². The van der Waals surface area contributed by atoms with Gasteiger partial charge in [0.05, 0.1) is 6.61 Å². The average molecular weight is 471 g/mol. The molecule has 3 N–H and O–H groups in total. The lowest BCUT2D eigenvalue weighted by atomic mass is 10.0. The van der Waals surface area contributed by atoms with Crippen LogP contribution >= 0.6 is 0 Å². The van der Waals surface area contributed by atoms with E-state index in [1.54, 1.807) is 0 Å². The highest BCUT2D eigenvalue weighted by Crippen LogP contribution is 2.26. The molecule has 2 aliphatic rings. The molecule has 34 heavy (non-hydrogen) atoms. The third-order valence-electron chi connectivity index (χ3n) is 5.60. The van der Waals surface area contributed by atoms with Crippen LogP contribution in [0.1, 0.15) is 24.8 Å². The van der Waals surface area contributed by atoms with E-state index >= 15 is 0 Å². The van der Waals surface area contributed by atoms with Crippen molar-refractivity contribution in [2.45, 2.75) is 25.7 Å². The zero-order valence-corrected chi connectivity index (χ0v) is 19.0. The van der Waals surface area contributed by atoms with Gasteiger partial charge in [-0.1, -0.05) is 6.07 Å². The lowest BCUT2D eigenvalue weighted by Gasteiger charge is -2.22. The van der Waals surface area contributed by atoms with Crippen LogP contribution in [-0.4, -0.2) is 77.3 Å². The van der Waals surface area contributed by atoms with Crippen molar-refractivity contribution in [1.29, 1.82) is 0 Å². The number of aliphatic carboxylic acids is 2. The molecule has 0 atom stereocenters. The Kier molecular flexibility index (Phi) is 9.21. The van der Waals surface area contributed by atoms with Crippen molar-refractivity contribution < 1.29 is 29.3 Å². The summed E-state index contributed by atoms with van der Waals surface area (Å²) in [6.07, 6.45) is 5.38. The molecule has 1 aromatic carbocycles. The van der Waals surface area contributed by atoms with E-state index < -0.39 is 11.9 Å². The highest BCUT2D eigenvalue weighted by Gasteiger charge is 2.16. The van der Waals surface area contributed by atoms with Gasteiger partial charge in [-0.15, -0.1) is 0 Å². The van der Waals surface area contributed by atoms with Gasteiger partial charge >= 0.3 is 11.9 Å². The summed E-state index contributed by atoms with van der Waals surface area (Å²) in [6, 6.07) is 12.1. The molecule has 0 radical (unpaired) electrons. The number of ether oxygens (including phenoxy) is 1. The van der Waals surface area contributed by atoms with Crippen molar-refractivity contribution in [2.75, 3.05) is 49.5 Å². The molecule has 10 heteroatoms. The van der Waals surface area contributed by atoms with Crippen molar-refractivity contribution in [3.05, 3.63) is 48.2 Å². The minimum Gasteiger partial charge on any atom is -0.494 e. The fraction of sp³-hybridized carbons (Fsp3) is 0.417. The number of aryl methyl sites for hydroxylation is 1. The van der Waals surface area contributed by atoms with E-state index in [0.29, 0.717) is 13.0 Å². The van der Waals surface area contributed by atoms with Gasteiger partial charge in [-0.05, 0) is 61.7 Å². The van der Waals surface area contributed by atoms with E-state index in [-0.39, 0.29) is 5.91 Å². The summed E-state index contributed by atoms with van der Waals surface area (Å²) in [6.45, 7) is 6.05. The number of fused-ring (bicyclic) bond motifs is 1. The second-order valence-electron chi connectivity index (χ2n) is 8.05. The molecule has 3 heterocycles. The number of carbonyl (C=O) groups excluding carboxylic acids is 1. The number of benzene rings is 1. The summed E-state index contributed by atoms with van der Waals surface area (Å²) in [4.78, 5) is 39.0. The first kappa shape index (κ1) is 25.0. The summed E-state index contributed by atoms with van der Waals surface area (Å²) < 4.78 is 5.95. The van der Waals surface area contributed by atoms with Crippen molar-refractivity contribution >= 4 is 29.4 Å². The van der Waals surface area contributed by atoms with Crippen LogP contribution in [0.3, 0.4) is 0 Å². The molecule has 2 aromatic rings. The predicted molar refractivity (Wildman–Crippen MR) is 126 cm³/mol. The van der Waals surface area contributed by atoms with Gasteiger partial charge < -0.3 is 30.1 Å². The largest absolute Gasteiger partial charge is 0.494 e. The summed E-state index contributed by atoms with van der Waals surface area (Å²) in [7, 11) is 0. The first-order chi connectivity index (χ1) is 16.4. The Morgan fingerprint density at radius 3 is 2.59 bits per heavy atom. The molecule has 182 valence electrons. The van der Waals surface area contributed by atoms with Crippen LogP contribution in [0.25, 0.3) is 0 Å². The molecule has 0 bridgehead atoms. The lowest BCUT2D eigenvalue weighted by molar-refractivity contribution is -0.159. The van der Waals surface area contributed by atoms with Gasteiger partial charge in [-0.2, -0.15) is 0 Å². The van der Waals surface area contributed by atoms with E-state index in [1.165, 1.54) is 5.56 Å². The van der Waals surface area contributed by atoms with E-state index in [0.717, 1.165) is 69.2 Å². The standard InChI is InChI=1S/C22H28N4O2.C2H2O4/c27-22-9-6-18-17-19(7-8-20(18)24-22)28-16-4-12-25-11-3-13-26(15-14-25)21-5-1-2-10-23-21;3-1(4)2(5)6/h1-2,5,7-8,10,17H,3-4,6,9,11-16H2,(H,24,27);(H,3,4)(H,5,6). The van der Waals surface area contributed by atoms with Crippen LogP contribution in [0.2, 0.25) is 0 Å². The number of hydrogen-bond acceptors (Lipinski definition) is 7. The number of nitrogens with zero attached hydrogens (tertiary/aromatic N) is 3. The molecule has 0 unspecified atom stereocenters. The Bertz CT molecular complexity index is 973. The first-order valence-electron chi connectivity index (χ1n) is 11.3. The number of carbonyl (C=O) groups is 3. The number of anilines is 2. The van der Waals surface area contributed by atoms with Crippen LogP contribution in [0.5, 0.6) is 5.75 Å². The first-order valence-corrected chi connectivity index (χ1v) is 11.3. The SMILES string of the molecule is O=C(O)C(=O)O.O=C1CCc2cc(OCCCN3CCCN(c4ccccn4)CC3)ccc2N1. The van der Waals surface area contributed by atoms with Gasteiger partial charge in [0, 0.05) is 44.5 Å². The zero-order valence-electron chi connectivity index (χ0n) is 19.0. The normalized spacial score (nSPS) is 15.8. The van der Waals surface area contributed by atoms with Crippen LogP contribution in [0, 0.1) is 0 Å². The zero-order chi connectivity index (χ0) is 24.3. The highest BCUT2D eigenvalue weighted by atomic mass is 16.5. The smallest absolute Gasteiger partial charge is 0.414 e. The molecule has 0 spiro atoms. The Balaban J connectivity index is 0.000000481. The average Bonchev–Trinajstić information content (AvgIpc) is 3.08. The molecule has 2 aliphatic heterocycles. The molecule has 1 aromatic heterocycles. The second kappa shape index (κ2) is 12.5. The van der Waals surface area contributed by atoms with Crippen molar-refractivity contribution in [1.82, 2.24) is 9.88 Å². The predicted octanol–water partition coefficient (Wildman–Crippen LogP) is 2.10. The van der Waals surface area contributed by atoms with Gasteiger partial charge in [0.1, 0.15) is 11.6 Å². The van der Waals surface area contributed by atoms with Gasteiger partial charge in [0.2, 0.25) is 5.91 Å². The monoisotopic (exact) mass is 470 g/mol. The summed E-state index contributed by atoms with van der Waals surface area (Å²) >= 11 is 0. The van der Waals surface area contributed by atoms with Gasteiger partial charge in [-0.3, -0.25) is 4.79 Å². The number of aromatic nitrogens is 1. The summed E-state index contributed by atoms with van der Waals surface area (Å²) in [5, 5.41) is 17.7. The molecule has 1 amide bonds. The maximum Gasteiger partial charge on any atom is 0.414 e. The van der Waals surface area contributed by atoms with Crippen LogP contribution in [0.4, 0.5) is 11.5 Å². The van der Waals surface area contributed by atoms with Crippen molar-refractivity contribution in [2.24, 2.45) is 0 Å². The fourth-order valence-corrected chi connectivity index (χ4v) is 3.89. The molecular weight excluding hydrogens is 440 g/mol. The van der Waals surface area contributed by atoms with E-state index in [4.69, 9.17) is 24.5 Å². The molecule has 1 saturated heterocycles. The topological polar surface area (TPSA) is 132 Å². The van der Waals surface area contributed by atoms with E-state index in [2.05, 4.69) is 38.3 Å². The maximum absolute atomic E-state index is 11.4. The Hall–Kier alpha value is -3.66. The molecule has 10 nitrogen and oxygen atoms in total. The lowest BCUT2D eigenvalue weighted by Crippen LogP contribution is -2.32. The second-order valence-corrected chi connectivity index (χ2v) is 8.05. The highest BCUT2D eigenvalue weighted by molar-refractivity contribution is 6.27. The number of rotatable bonds is 6. The Morgan fingerprint density at radius 2 is 1.85 bits per heavy atom. The number of carboxylic acids is 2. The molecule has 0 aliphatic carbocycles. The number of pyridine rings is 1. The number of hydrogen-bond donors (Lipinski definition) is 3. The maximum atomic E-state index is 11.4.